The van der Waals surface area contributed by atoms with E-state index in [9.17, 15) is 0 Å². The van der Waals surface area contributed by atoms with Crippen LogP contribution in [0, 0.1) is 0 Å². The van der Waals surface area contributed by atoms with Crippen LogP contribution in [-0.4, -0.2) is 19.3 Å². The minimum absolute atomic E-state index is 0.375. The van der Waals surface area contributed by atoms with Crippen molar-refractivity contribution in [3.63, 3.8) is 0 Å². The van der Waals surface area contributed by atoms with Crippen LogP contribution >= 0.6 is 11.6 Å². The number of hydrogen-bond donors (Lipinski definition) is 1. The lowest BCUT2D eigenvalue weighted by molar-refractivity contribution is 0.00505. The van der Waals surface area contributed by atoms with Gasteiger partial charge in [0.25, 0.3) is 0 Å². The van der Waals surface area contributed by atoms with Crippen molar-refractivity contribution >= 4 is 11.6 Å². The van der Waals surface area contributed by atoms with Crippen molar-refractivity contribution in [3.05, 3.63) is 34.9 Å². The van der Waals surface area contributed by atoms with Crippen LogP contribution in [0.15, 0.2) is 24.3 Å². The van der Waals surface area contributed by atoms with Gasteiger partial charge in [-0.1, -0.05) is 30.7 Å². The lowest BCUT2D eigenvalue weighted by Crippen LogP contribution is -2.29. The summed E-state index contributed by atoms with van der Waals surface area (Å²) in [4.78, 5) is 0. The quantitative estimate of drug-likeness (QED) is 0.837. The van der Waals surface area contributed by atoms with Gasteiger partial charge in [-0.25, -0.2) is 0 Å². The highest BCUT2D eigenvalue weighted by molar-refractivity contribution is 6.30. The largest absolute Gasteiger partial charge is 0.378 e. The highest BCUT2D eigenvalue weighted by Gasteiger charge is 2.20. The third-order valence-corrected chi connectivity index (χ3v) is 3.94. The van der Waals surface area contributed by atoms with E-state index in [4.69, 9.17) is 16.3 Å². The lowest BCUT2D eigenvalue weighted by atomic mass is 9.96. The maximum Gasteiger partial charge on any atom is 0.0593 e. The zero-order valence-electron chi connectivity index (χ0n) is 11.7. The lowest BCUT2D eigenvalue weighted by Gasteiger charge is -2.28. The Morgan fingerprint density at radius 3 is 2.74 bits per heavy atom. The molecule has 0 spiro atoms. The summed E-state index contributed by atoms with van der Waals surface area (Å²) < 4.78 is 5.87. The first-order chi connectivity index (χ1) is 9.29. The van der Waals surface area contributed by atoms with Crippen molar-refractivity contribution in [2.45, 2.75) is 51.2 Å². The minimum Gasteiger partial charge on any atom is -0.378 e. The van der Waals surface area contributed by atoms with Crippen LogP contribution in [0.1, 0.15) is 50.6 Å². The molecule has 2 unspecified atom stereocenters. The predicted octanol–water partition coefficient (Wildman–Crippen LogP) is 4.34. The highest BCUT2D eigenvalue weighted by Crippen LogP contribution is 2.25. The SMILES string of the molecule is CCCNC(CC1CCCCO1)c1ccc(Cl)cc1. The topological polar surface area (TPSA) is 21.3 Å². The number of halogens is 1. The molecule has 1 heterocycles. The fourth-order valence-corrected chi connectivity index (χ4v) is 2.73. The van der Waals surface area contributed by atoms with Crippen molar-refractivity contribution in [3.8, 4) is 0 Å². The van der Waals surface area contributed by atoms with Gasteiger partial charge < -0.3 is 10.1 Å². The van der Waals surface area contributed by atoms with Crippen LogP contribution < -0.4 is 5.32 Å². The second-order valence-electron chi connectivity index (χ2n) is 5.28. The van der Waals surface area contributed by atoms with E-state index in [1.54, 1.807) is 0 Å². The molecule has 0 radical (unpaired) electrons. The average Bonchev–Trinajstić information content (AvgIpc) is 2.45. The molecular weight excluding hydrogens is 258 g/mol. The van der Waals surface area contributed by atoms with Gasteiger partial charge in [0.15, 0.2) is 0 Å². The first-order valence-corrected chi connectivity index (χ1v) is 7.78. The molecule has 3 heteroatoms. The third kappa shape index (κ3) is 4.79. The molecule has 0 amide bonds. The second-order valence-corrected chi connectivity index (χ2v) is 5.72. The summed E-state index contributed by atoms with van der Waals surface area (Å²) >= 11 is 5.97. The van der Waals surface area contributed by atoms with Crippen LogP contribution in [0.2, 0.25) is 5.02 Å². The highest BCUT2D eigenvalue weighted by atomic mass is 35.5. The maximum atomic E-state index is 5.97. The van der Waals surface area contributed by atoms with E-state index in [1.807, 2.05) is 12.1 Å². The van der Waals surface area contributed by atoms with Crippen LogP contribution in [0.25, 0.3) is 0 Å². The fraction of sp³-hybridized carbons (Fsp3) is 0.625. The number of ether oxygens (including phenoxy) is 1. The van der Waals surface area contributed by atoms with Crippen molar-refractivity contribution in [1.29, 1.82) is 0 Å². The summed E-state index contributed by atoms with van der Waals surface area (Å²) in [7, 11) is 0. The van der Waals surface area contributed by atoms with Crippen LogP contribution in [0.4, 0.5) is 0 Å². The molecule has 1 N–H and O–H groups in total. The van der Waals surface area contributed by atoms with Gasteiger partial charge in [-0.3, -0.25) is 0 Å². The smallest absolute Gasteiger partial charge is 0.0593 e. The van der Waals surface area contributed by atoms with Crippen LogP contribution in [-0.2, 0) is 4.74 Å². The molecule has 1 aliphatic rings. The summed E-state index contributed by atoms with van der Waals surface area (Å²) in [5.41, 5.74) is 1.31. The number of benzene rings is 1. The standard InChI is InChI=1S/C16H24ClNO/c1-2-10-18-16(12-15-5-3-4-11-19-15)13-6-8-14(17)9-7-13/h6-9,15-16,18H,2-5,10-12H2,1H3. The normalized spacial score (nSPS) is 21.3. The molecular formula is C16H24ClNO. The van der Waals surface area contributed by atoms with Gasteiger partial charge in [0.1, 0.15) is 0 Å². The molecule has 19 heavy (non-hydrogen) atoms. The maximum absolute atomic E-state index is 5.97. The van der Waals surface area contributed by atoms with Crippen LogP contribution in [0.3, 0.4) is 0 Å². The zero-order chi connectivity index (χ0) is 13.5. The molecule has 1 aliphatic heterocycles. The van der Waals surface area contributed by atoms with Crippen molar-refractivity contribution < 1.29 is 4.74 Å². The molecule has 0 bridgehead atoms. The van der Waals surface area contributed by atoms with Gasteiger partial charge in [-0.05, 0) is 56.3 Å². The molecule has 1 fully saturated rings. The molecule has 2 atom stereocenters. The Hall–Kier alpha value is -0.570. The van der Waals surface area contributed by atoms with E-state index in [2.05, 4.69) is 24.4 Å². The predicted molar refractivity (Wildman–Crippen MR) is 80.7 cm³/mol. The van der Waals surface area contributed by atoms with E-state index < -0.39 is 0 Å². The number of rotatable bonds is 6. The summed E-state index contributed by atoms with van der Waals surface area (Å²) in [5.74, 6) is 0. The van der Waals surface area contributed by atoms with Gasteiger partial charge in [-0.2, -0.15) is 0 Å². The summed E-state index contributed by atoms with van der Waals surface area (Å²) in [5, 5.41) is 4.43. The summed E-state index contributed by atoms with van der Waals surface area (Å²) in [6.45, 7) is 4.16. The molecule has 1 aromatic carbocycles. The Morgan fingerprint density at radius 1 is 1.32 bits per heavy atom. The first kappa shape index (κ1) is 14.8. The Labute approximate surface area is 121 Å². The number of nitrogens with one attached hydrogen (secondary N) is 1. The monoisotopic (exact) mass is 281 g/mol. The van der Waals surface area contributed by atoms with Gasteiger partial charge in [-0.15, -0.1) is 0 Å². The molecule has 1 saturated heterocycles. The Bertz CT molecular complexity index is 360. The average molecular weight is 282 g/mol. The zero-order valence-corrected chi connectivity index (χ0v) is 12.5. The molecule has 0 aromatic heterocycles. The molecule has 2 nitrogen and oxygen atoms in total. The Kier molecular flexibility index (Phi) is 6.15. The second kappa shape index (κ2) is 7.88. The van der Waals surface area contributed by atoms with Crippen LogP contribution in [0.5, 0.6) is 0 Å². The van der Waals surface area contributed by atoms with Crippen molar-refractivity contribution in [2.75, 3.05) is 13.2 Å². The van der Waals surface area contributed by atoms with E-state index in [0.717, 1.165) is 31.0 Å². The fourth-order valence-electron chi connectivity index (χ4n) is 2.61. The van der Waals surface area contributed by atoms with E-state index in [0.29, 0.717) is 12.1 Å². The first-order valence-electron chi connectivity index (χ1n) is 7.40. The van der Waals surface area contributed by atoms with E-state index in [-0.39, 0.29) is 0 Å². The van der Waals surface area contributed by atoms with Gasteiger partial charge in [0.2, 0.25) is 0 Å². The van der Waals surface area contributed by atoms with Crippen molar-refractivity contribution in [2.24, 2.45) is 0 Å². The van der Waals surface area contributed by atoms with E-state index in [1.165, 1.54) is 24.8 Å². The van der Waals surface area contributed by atoms with E-state index >= 15 is 0 Å². The number of hydrogen-bond acceptors (Lipinski definition) is 2. The molecule has 0 saturated carbocycles. The third-order valence-electron chi connectivity index (χ3n) is 3.69. The Balaban J connectivity index is 1.99. The molecule has 1 aromatic rings. The molecule has 2 rings (SSSR count). The minimum atomic E-state index is 0.375. The van der Waals surface area contributed by atoms with Gasteiger partial charge in [0.05, 0.1) is 6.10 Å². The molecule has 0 aliphatic carbocycles. The molecule has 106 valence electrons. The summed E-state index contributed by atoms with van der Waals surface area (Å²) in [6.07, 6.45) is 6.31. The summed E-state index contributed by atoms with van der Waals surface area (Å²) in [6, 6.07) is 8.57. The van der Waals surface area contributed by atoms with Gasteiger partial charge in [0, 0.05) is 17.7 Å². The Morgan fingerprint density at radius 2 is 2.11 bits per heavy atom. The van der Waals surface area contributed by atoms with Crippen molar-refractivity contribution in [1.82, 2.24) is 5.32 Å². The van der Waals surface area contributed by atoms with Gasteiger partial charge >= 0.3 is 0 Å².